The van der Waals surface area contributed by atoms with Gasteiger partial charge < -0.3 is 10.5 Å². The number of hydrogen-bond acceptors (Lipinski definition) is 3. The van der Waals surface area contributed by atoms with Gasteiger partial charge in [0.1, 0.15) is 5.75 Å². The smallest absolute Gasteiger partial charge is 0.119 e. The van der Waals surface area contributed by atoms with Gasteiger partial charge in [0.15, 0.2) is 0 Å². The van der Waals surface area contributed by atoms with Crippen LogP contribution in [0, 0.1) is 0 Å². The molecular weight excluding hydrogens is 290 g/mol. The summed E-state index contributed by atoms with van der Waals surface area (Å²) in [6.45, 7) is 0.722. The van der Waals surface area contributed by atoms with Gasteiger partial charge in [-0.3, -0.25) is 0 Å². The van der Waals surface area contributed by atoms with Crippen LogP contribution in [0.3, 0.4) is 0 Å². The molecule has 0 saturated carbocycles. The molecule has 106 valence electrons. The highest BCUT2D eigenvalue weighted by Crippen LogP contribution is 2.21. The largest absolute Gasteiger partial charge is 0.494 e. The molecule has 0 radical (unpaired) electrons. The zero-order valence-electron chi connectivity index (χ0n) is 11.2. The van der Waals surface area contributed by atoms with E-state index in [4.69, 9.17) is 22.1 Å². The van der Waals surface area contributed by atoms with E-state index in [1.54, 1.807) is 0 Å². The van der Waals surface area contributed by atoms with Crippen molar-refractivity contribution in [1.82, 2.24) is 0 Å². The first kappa shape index (κ1) is 15.1. The summed E-state index contributed by atoms with van der Waals surface area (Å²) in [7, 11) is 0. The highest BCUT2D eigenvalue weighted by molar-refractivity contribution is 7.98. The number of anilines is 1. The topological polar surface area (TPSA) is 35.2 Å². The fraction of sp³-hybridized carbons (Fsp3) is 0.250. The monoisotopic (exact) mass is 307 g/mol. The molecule has 0 saturated heterocycles. The van der Waals surface area contributed by atoms with E-state index in [9.17, 15) is 0 Å². The molecule has 0 atom stereocenters. The Balaban J connectivity index is 1.60. The second kappa shape index (κ2) is 8.08. The molecule has 0 bridgehead atoms. The number of halogens is 1. The van der Waals surface area contributed by atoms with Crippen molar-refractivity contribution in [1.29, 1.82) is 0 Å². The Morgan fingerprint density at radius 1 is 1.05 bits per heavy atom. The predicted molar refractivity (Wildman–Crippen MR) is 88.6 cm³/mol. The minimum absolute atomic E-state index is 0.722. The number of benzene rings is 2. The van der Waals surface area contributed by atoms with E-state index < -0.39 is 0 Å². The van der Waals surface area contributed by atoms with Crippen LogP contribution in [-0.4, -0.2) is 12.4 Å². The van der Waals surface area contributed by atoms with E-state index in [0.717, 1.165) is 41.0 Å². The van der Waals surface area contributed by atoms with Crippen LogP contribution >= 0.6 is 23.4 Å². The highest BCUT2D eigenvalue weighted by atomic mass is 35.5. The van der Waals surface area contributed by atoms with E-state index >= 15 is 0 Å². The maximum atomic E-state index is 6.11. The van der Waals surface area contributed by atoms with E-state index in [1.807, 2.05) is 54.2 Å². The molecule has 0 aliphatic heterocycles. The van der Waals surface area contributed by atoms with E-state index in [-0.39, 0.29) is 0 Å². The minimum Gasteiger partial charge on any atom is -0.494 e. The zero-order valence-corrected chi connectivity index (χ0v) is 12.8. The summed E-state index contributed by atoms with van der Waals surface area (Å²) >= 11 is 7.98. The molecule has 0 spiro atoms. The van der Waals surface area contributed by atoms with Crippen molar-refractivity contribution in [2.75, 3.05) is 18.1 Å². The summed E-state index contributed by atoms with van der Waals surface area (Å²) in [5.74, 6) is 2.87. The second-order valence-corrected chi connectivity index (χ2v) is 5.93. The molecule has 2 aromatic carbocycles. The molecule has 2 rings (SSSR count). The first-order chi connectivity index (χ1) is 9.75. The van der Waals surface area contributed by atoms with Gasteiger partial charge in [-0.25, -0.2) is 0 Å². The number of nitrogen functional groups attached to an aromatic ring is 1. The molecule has 0 fully saturated rings. The lowest BCUT2D eigenvalue weighted by atomic mass is 10.2. The third-order valence-corrected chi connectivity index (χ3v) is 4.26. The molecule has 0 amide bonds. The summed E-state index contributed by atoms with van der Waals surface area (Å²) in [5, 5.41) is 0.845. The van der Waals surface area contributed by atoms with Crippen LogP contribution in [-0.2, 0) is 5.75 Å². The summed E-state index contributed by atoms with van der Waals surface area (Å²) in [4.78, 5) is 0. The van der Waals surface area contributed by atoms with E-state index in [0.29, 0.717) is 0 Å². The van der Waals surface area contributed by atoms with Crippen molar-refractivity contribution in [3.05, 3.63) is 59.1 Å². The van der Waals surface area contributed by atoms with Gasteiger partial charge in [0.2, 0.25) is 0 Å². The van der Waals surface area contributed by atoms with Gasteiger partial charge in [-0.05, 0) is 48.1 Å². The molecule has 2 N–H and O–H groups in total. The van der Waals surface area contributed by atoms with Crippen molar-refractivity contribution in [3.8, 4) is 5.75 Å². The Labute approximate surface area is 129 Å². The van der Waals surface area contributed by atoms with E-state index in [1.165, 1.54) is 5.56 Å². The third-order valence-electron chi connectivity index (χ3n) is 2.80. The lowest BCUT2D eigenvalue weighted by Gasteiger charge is -2.07. The quantitative estimate of drug-likeness (QED) is 0.598. The molecule has 0 aromatic heterocycles. The molecule has 0 heterocycles. The van der Waals surface area contributed by atoms with Crippen LogP contribution < -0.4 is 10.5 Å². The summed E-state index contributed by atoms with van der Waals surface area (Å²) in [5.41, 5.74) is 7.57. The average Bonchev–Trinajstić information content (AvgIpc) is 2.46. The van der Waals surface area contributed by atoms with Crippen molar-refractivity contribution in [3.63, 3.8) is 0 Å². The lowest BCUT2D eigenvalue weighted by Crippen LogP contribution is -1.99. The van der Waals surface area contributed by atoms with Gasteiger partial charge in [-0.15, -0.1) is 0 Å². The number of thioether (sulfide) groups is 1. The summed E-state index contributed by atoms with van der Waals surface area (Å²) in [6.07, 6.45) is 1.01. The lowest BCUT2D eigenvalue weighted by molar-refractivity contribution is 0.319. The molecule has 0 aliphatic rings. The maximum Gasteiger partial charge on any atom is 0.119 e. The van der Waals surface area contributed by atoms with Crippen LogP contribution in [0.5, 0.6) is 5.75 Å². The highest BCUT2D eigenvalue weighted by Gasteiger charge is 1.99. The molecule has 0 unspecified atom stereocenters. The van der Waals surface area contributed by atoms with Gasteiger partial charge in [0.05, 0.1) is 6.61 Å². The molecule has 4 heteroatoms. The third kappa shape index (κ3) is 4.99. The van der Waals surface area contributed by atoms with Gasteiger partial charge >= 0.3 is 0 Å². The van der Waals surface area contributed by atoms with Crippen LogP contribution in [0.1, 0.15) is 12.0 Å². The molecule has 0 aliphatic carbocycles. The van der Waals surface area contributed by atoms with Gasteiger partial charge in [-0.2, -0.15) is 11.8 Å². The van der Waals surface area contributed by atoms with Gasteiger partial charge in [0, 0.05) is 16.5 Å². The van der Waals surface area contributed by atoms with Gasteiger partial charge in [-0.1, -0.05) is 29.8 Å². The predicted octanol–water partition coefficient (Wildman–Crippen LogP) is 4.62. The van der Waals surface area contributed by atoms with Crippen molar-refractivity contribution in [2.45, 2.75) is 12.2 Å². The summed E-state index contributed by atoms with van der Waals surface area (Å²) < 4.78 is 5.64. The molecule has 2 nitrogen and oxygen atoms in total. The Hall–Kier alpha value is -1.32. The van der Waals surface area contributed by atoms with Crippen LogP contribution in [0.2, 0.25) is 5.02 Å². The van der Waals surface area contributed by atoms with Crippen molar-refractivity contribution >= 4 is 29.1 Å². The standard InChI is InChI=1S/C16H18ClNOS/c17-16-5-2-1-4-13(16)12-20-11-3-10-19-15-8-6-14(18)7-9-15/h1-2,4-9H,3,10-12,18H2. The molecule has 2 aromatic rings. The Bertz CT molecular complexity index is 530. The van der Waals surface area contributed by atoms with Crippen molar-refractivity contribution < 1.29 is 4.74 Å². The Kier molecular flexibility index (Phi) is 6.09. The zero-order chi connectivity index (χ0) is 14.2. The second-order valence-electron chi connectivity index (χ2n) is 4.42. The van der Waals surface area contributed by atoms with E-state index in [2.05, 4.69) is 6.07 Å². The van der Waals surface area contributed by atoms with Gasteiger partial charge in [0.25, 0.3) is 0 Å². The average molecular weight is 308 g/mol. The Morgan fingerprint density at radius 2 is 1.80 bits per heavy atom. The first-order valence-corrected chi connectivity index (χ1v) is 8.08. The minimum atomic E-state index is 0.722. The Morgan fingerprint density at radius 3 is 2.55 bits per heavy atom. The van der Waals surface area contributed by atoms with Crippen LogP contribution in [0.4, 0.5) is 5.69 Å². The molecule has 20 heavy (non-hydrogen) atoms. The normalized spacial score (nSPS) is 10.4. The summed E-state index contributed by atoms with van der Waals surface area (Å²) in [6, 6.07) is 15.5. The number of ether oxygens (including phenoxy) is 1. The van der Waals surface area contributed by atoms with Crippen LogP contribution in [0.25, 0.3) is 0 Å². The fourth-order valence-corrected chi connectivity index (χ4v) is 2.93. The van der Waals surface area contributed by atoms with Crippen LogP contribution in [0.15, 0.2) is 48.5 Å². The van der Waals surface area contributed by atoms with Crippen molar-refractivity contribution in [2.24, 2.45) is 0 Å². The number of nitrogens with two attached hydrogens (primary N) is 1. The maximum absolute atomic E-state index is 6.11. The fourth-order valence-electron chi connectivity index (χ4n) is 1.71. The number of rotatable bonds is 7. The SMILES string of the molecule is Nc1ccc(OCCCSCc2ccccc2Cl)cc1. The number of hydrogen-bond donors (Lipinski definition) is 1. The molecular formula is C16H18ClNOS. The first-order valence-electron chi connectivity index (χ1n) is 6.55.